The van der Waals surface area contributed by atoms with Gasteiger partial charge in [0.1, 0.15) is 17.4 Å². The molecule has 0 saturated carbocycles. The molecule has 2 aromatic rings. The lowest BCUT2D eigenvalue weighted by atomic mass is 10.0. The minimum absolute atomic E-state index is 0.0545. The Morgan fingerprint density at radius 2 is 1.57 bits per heavy atom. The van der Waals surface area contributed by atoms with Crippen molar-refractivity contribution in [2.24, 2.45) is 0 Å². The van der Waals surface area contributed by atoms with Gasteiger partial charge in [0.2, 0.25) is 0 Å². The molecule has 2 saturated heterocycles. The van der Waals surface area contributed by atoms with Gasteiger partial charge in [-0.2, -0.15) is 8.42 Å². The number of epoxide rings is 1. The van der Waals surface area contributed by atoms with Gasteiger partial charge in [0.05, 0.1) is 18.8 Å². The maximum absolute atomic E-state index is 11.9. The molecule has 2 fully saturated rings. The van der Waals surface area contributed by atoms with Gasteiger partial charge in [0, 0.05) is 13.0 Å². The molecule has 0 N–H and O–H groups in total. The van der Waals surface area contributed by atoms with Crippen LogP contribution in [0, 0.1) is 0 Å². The van der Waals surface area contributed by atoms with E-state index in [2.05, 4.69) is 69.3 Å². The first-order valence-electron chi connectivity index (χ1n) is 12.2. The van der Waals surface area contributed by atoms with Crippen molar-refractivity contribution in [1.82, 2.24) is 0 Å². The van der Waals surface area contributed by atoms with E-state index in [4.69, 9.17) is 29.7 Å². The summed E-state index contributed by atoms with van der Waals surface area (Å²) in [6.07, 6.45) is 0.951. The van der Waals surface area contributed by atoms with Crippen LogP contribution in [0.25, 0.3) is 0 Å². The van der Waals surface area contributed by atoms with Gasteiger partial charge in [0.15, 0.2) is 0 Å². The summed E-state index contributed by atoms with van der Waals surface area (Å²) >= 11 is 5.53. The zero-order chi connectivity index (χ0) is 25.1. The molecule has 0 spiro atoms. The third-order valence-corrected chi connectivity index (χ3v) is 13.4. The molecular formula is C26H35ClO6SSi. The summed E-state index contributed by atoms with van der Waals surface area (Å²) in [7, 11) is -6.40. The number of hydrogen-bond acceptors (Lipinski definition) is 6. The zero-order valence-corrected chi connectivity index (χ0v) is 23.1. The van der Waals surface area contributed by atoms with E-state index in [1.54, 1.807) is 0 Å². The molecule has 2 heterocycles. The molecular weight excluding hydrogens is 504 g/mol. The SMILES string of the molecule is CC(C)(C)[Si](OC[C@@H]1O[C@@H]1C[C@@H]1OCCC[C@@H]1OS(=O)(=O)CCl)(c1ccccc1)c1ccccc1. The van der Waals surface area contributed by atoms with Crippen LogP contribution in [0.1, 0.15) is 40.0 Å². The second-order valence-electron chi connectivity index (χ2n) is 10.3. The van der Waals surface area contributed by atoms with Crippen LogP contribution in [0.4, 0.5) is 0 Å². The molecule has 0 amide bonds. The molecule has 35 heavy (non-hydrogen) atoms. The first-order chi connectivity index (χ1) is 16.7. The number of hydrogen-bond donors (Lipinski definition) is 0. The second kappa shape index (κ2) is 11.0. The third-order valence-electron chi connectivity index (χ3n) is 6.82. The van der Waals surface area contributed by atoms with Crippen LogP contribution in [-0.4, -0.2) is 59.6 Å². The van der Waals surface area contributed by atoms with E-state index in [9.17, 15) is 8.42 Å². The molecule has 4 rings (SSSR count). The molecule has 2 aliphatic rings. The van der Waals surface area contributed by atoms with E-state index in [-0.39, 0.29) is 23.4 Å². The molecule has 192 valence electrons. The molecule has 9 heteroatoms. The molecule has 4 atom stereocenters. The summed E-state index contributed by atoms with van der Waals surface area (Å²) in [5.41, 5.74) is 0. The van der Waals surface area contributed by atoms with Crippen LogP contribution in [-0.2, 0) is 28.2 Å². The average Bonchev–Trinajstić information content (AvgIpc) is 3.59. The Labute approximate surface area is 215 Å². The van der Waals surface area contributed by atoms with Crippen molar-refractivity contribution in [3.05, 3.63) is 60.7 Å². The van der Waals surface area contributed by atoms with Gasteiger partial charge >= 0.3 is 0 Å². The predicted octanol–water partition coefficient (Wildman–Crippen LogP) is 3.81. The summed E-state index contributed by atoms with van der Waals surface area (Å²) < 4.78 is 47.9. The molecule has 2 aliphatic heterocycles. The van der Waals surface area contributed by atoms with Crippen molar-refractivity contribution in [2.75, 3.05) is 18.4 Å². The van der Waals surface area contributed by atoms with Crippen molar-refractivity contribution in [3.8, 4) is 0 Å². The number of ether oxygens (including phenoxy) is 2. The average molecular weight is 539 g/mol. The number of rotatable bonds is 10. The lowest BCUT2D eigenvalue weighted by molar-refractivity contribution is -0.0661. The van der Waals surface area contributed by atoms with Crippen LogP contribution in [0.3, 0.4) is 0 Å². The highest BCUT2D eigenvalue weighted by molar-refractivity contribution is 7.87. The van der Waals surface area contributed by atoms with E-state index in [1.807, 2.05) is 12.1 Å². The zero-order valence-electron chi connectivity index (χ0n) is 20.6. The Kier molecular flexibility index (Phi) is 8.42. The Bertz CT molecular complexity index is 1020. The lowest BCUT2D eigenvalue weighted by Crippen LogP contribution is -2.66. The topological polar surface area (TPSA) is 74.4 Å². The van der Waals surface area contributed by atoms with Gasteiger partial charge in [0.25, 0.3) is 18.4 Å². The fraction of sp³-hybridized carbons (Fsp3) is 0.538. The Morgan fingerprint density at radius 1 is 0.971 bits per heavy atom. The number of halogens is 1. The monoisotopic (exact) mass is 538 g/mol. The van der Waals surface area contributed by atoms with Crippen molar-refractivity contribution in [3.63, 3.8) is 0 Å². The summed E-state index contributed by atoms with van der Waals surface area (Å²) in [6.45, 7) is 7.80. The van der Waals surface area contributed by atoms with Crippen molar-refractivity contribution in [1.29, 1.82) is 0 Å². The van der Waals surface area contributed by atoms with Gasteiger partial charge in [-0.25, -0.2) is 0 Å². The minimum Gasteiger partial charge on any atom is -0.405 e. The second-order valence-corrected chi connectivity index (χ2v) is 16.8. The van der Waals surface area contributed by atoms with Crippen molar-refractivity contribution >= 4 is 40.4 Å². The van der Waals surface area contributed by atoms with Crippen LogP contribution < -0.4 is 10.4 Å². The lowest BCUT2D eigenvalue weighted by Gasteiger charge is -2.43. The molecule has 0 bridgehead atoms. The highest BCUT2D eigenvalue weighted by atomic mass is 35.5. The molecule has 0 aromatic heterocycles. The summed E-state index contributed by atoms with van der Waals surface area (Å²) in [5.74, 6) is 0. The highest BCUT2D eigenvalue weighted by Gasteiger charge is 2.52. The molecule has 0 unspecified atom stereocenters. The first kappa shape index (κ1) is 26.8. The fourth-order valence-electron chi connectivity index (χ4n) is 5.09. The van der Waals surface area contributed by atoms with Gasteiger partial charge < -0.3 is 13.9 Å². The van der Waals surface area contributed by atoms with E-state index in [0.717, 1.165) is 6.42 Å². The van der Waals surface area contributed by atoms with Crippen LogP contribution >= 0.6 is 11.6 Å². The molecule has 0 aliphatic carbocycles. The van der Waals surface area contributed by atoms with Crippen LogP contribution in [0.5, 0.6) is 0 Å². The first-order valence-corrected chi connectivity index (χ1v) is 16.2. The standard InChI is InChI=1S/C26H35ClO6SSi/c1-26(2,3)35(20-11-6-4-7-12-20,21-13-8-5-9-14-21)31-18-25-24(32-25)17-23-22(15-10-16-30-23)33-34(28,29)19-27/h4-9,11-14,22-25H,10,15-19H2,1-3H3/t22-,23-,24+,25-/m0/s1. The Balaban J connectivity index is 1.48. The van der Waals surface area contributed by atoms with Gasteiger partial charge in [-0.1, -0.05) is 81.4 Å². The quantitative estimate of drug-likeness (QED) is 0.198. The molecule has 6 nitrogen and oxygen atoms in total. The largest absolute Gasteiger partial charge is 0.405 e. The third kappa shape index (κ3) is 6.18. The predicted molar refractivity (Wildman–Crippen MR) is 140 cm³/mol. The minimum atomic E-state index is -3.76. The van der Waals surface area contributed by atoms with Crippen LogP contribution in [0.15, 0.2) is 60.7 Å². The van der Waals surface area contributed by atoms with E-state index in [1.165, 1.54) is 10.4 Å². The summed E-state index contributed by atoms with van der Waals surface area (Å²) in [5, 5.41) is 1.78. The number of alkyl halides is 1. The van der Waals surface area contributed by atoms with Crippen molar-refractivity contribution < 1.29 is 26.5 Å². The van der Waals surface area contributed by atoms with Gasteiger partial charge in [-0.3, -0.25) is 4.18 Å². The highest BCUT2D eigenvalue weighted by Crippen LogP contribution is 2.39. The van der Waals surface area contributed by atoms with Crippen molar-refractivity contribution in [2.45, 2.75) is 69.5 Å². The molecule has 2 aromatic carbocycles. The number of benzene rings is 2. The van der Waals surface area contributed by atoms with Gasteiger partial charge in [-0.05, 0) is 28.3 Å². The smallest absolute Gasteiger partial charge is 0.281 e. The normalized spacial score (nSPS) is 25.4. The fourth-order valence-corrected chi connectivity index (χ4v) is 10.5. The van der Waals surface area contributed by atoms with Crippen LogP contribution in [0.2, 0.25) is 5.04 Å². The summed E-state index contributed by atoms with van der Waals surface area (Å²) in [6, 6.07) is 21.0. The van der Waals surface area contributed by atoms with E-state index in [0.29, 0.717) is 26.1 Å². The Hall–Kier alpha value is -1.26. The maximum atomic E-state index is 11.9. The summed E-state index contributed by atoms with van der Waals surface area (Å²) in [4.78, 5) is 0. The maximum Gasteiger partial charge on any atom is 0.281 e. The Morgan fingerprint density at radius 3 is 2.11 bits per heavy atom. The molecule has 0 radical (unpaired) electrons. The van der Waals surface area contributed by atoms with E-state index >= 15 is 0 Å². The van der Waals surface area contributed by atoms with Gasteiger partial charge in [-0.15, -0.1) is 11.6 Å². The van der Waals surface area contributed by atoms with E-state index < -0.39 is 29.8 Å².